The third-order valence-electron chi connectivity index (χ3n) is 3.04. The van der Waals surface area contributed by atoms with Gasteiger partial charge in [-0.15, -0.1) is 0 Å². The molecule has 1 unspecified atom stereocenters. The summed E-state index contributed by atoms with van der Waals surface area (Å²) in [6.07, 6.45) is 2.31. The zero-order chi connectivity index (χ0) is 11.0. The molecule has 1 aliphatic rings. The molecule has 0 nitrogen and oxygen atoms in total. The van der Waals surface area contributed by atoms with E-state index in [0.717, 1.165) is 0 Å². The molecular weight excluding hydrogens is 285 g/mol. The van der Waals surface area contributed by atoms with Crippen molar-refractivity contribution in [2.45, 2.75) is 4.22 Å². The Bertz CT molecular complexity index is 552. The van der Waals surface area contributed by atoms with Crippen molar-refractivity contribution >= 4 is 11.6 Å². The van der Waals surface area contributed by atoms with Crippen LogP contribution in [0.5, 0.6) is 0 Å². The van der Waals surface area contributed by atoms with Crippen LogP contribution >= 0.6 is 0 Å². The summed E-state index contributed by atoms with van der Waals surface area (Å²) in [7, 11) is 0. The van der Waals surface area contributed by atoms with Gasteiger partial charge in [0.2, 0.25) is 0 Å². The maximum atomic E-state index is 2.31. The van der Waals surface area contributed by atoms with Gasteiger partial charge in [-0.2, -0.15) is 0 Å². The van der Waals surface area contributed by atoms with Crippen molar-refractivity contribution in [2.75, 3.05) is 0 Å². The van der Waals surface area contributed by atoms with Gasteiger partial charge in [-0.1, -0.05) is 0 Å². The van der Waals surface area contributed by atoms with Gasteiger partial charge in [0.05, 0.1) is 0 Å². The first kappa shape index (κ1) is 17.7. The predicted octanol–water partition coefficient (Wildman–Crippen LogP) is -5.16. The Morgan fingerprint density at radius 1 is 0.737 bits per heavy atom. The van der Waals surface area contributed by atoms with Crippen LogP contribution in [-0.2, 0) is 20.4 Å². The maximum absolute atomic E-state index is 2.31. The van der Waals surface area contributed by atoms with E-state index >= 15 is 0 Å². The second-order valence-electron chi connectivity index (χ2n) is 4.03. The van der Waals surface area contributed by atoms with E-state index in [1.54, 1.807) is 0 Å². The number of benzene rings is 2. The minimum absolute atomic E-state index is 0. The molecule has 0 radical (unpaired) electrons. The van der Waals surface area contributed by atoms with Gasteiger partial charge in [-0.3, -0.25) is 0 Å². The first-order valence-corrected chi connectivity index (χ1v) is 6.33. The van der Waals surface area contributed by atoms with Gasteiger partial charge >= 0.3 is 108 Å². The third-order valence-corrected chi connectivity index (χ3v) is 4.01. The van der Waals surface area contributed by atoms with Crippen LogP contribution in [0.1, 0.15) is 20.9 Å². The summed E-state index contributed by atoms with van der Waals surface area (Å²) in [6.45, 7) is 0. The summed E-state index contributed by atoms with van der Waals surface area (Å²) in [6, 6.07) is 19.3. The average Bonchev–Trinajstić information content (AvgIpc) is 2.69. The normalized spacial score (nSPS) is 15.3. The number of rotatable bonds is 1. The Balaban J connectivity index is 0.00000108. The standard InChI is InChI=1S/C15H11.3FH.Ti/c1-2-6-12(7-3-1)15-10-13-8-4-5-9-14(13)11-15;;;;/h1-11H;3*1H;/q;;;;+3/p-3. The van der Waals surface area contributed by atoms with Gasteiger partial charge in [-0.05, 0) is 0 Å². The summed E-state index contributed by atoms with van der Waals surface area (Å²) in [5, 5.41) is 0. The Morgan fingerprint density at radius 2 is 1.32 bits per heavy atom. The Labute approximate surface area is 122 Å². The van der Waals surface area contributed by atoms with Crippen molar-refractivity contribution in [3.05, 3.63) is 71.3 Å². The molecular formula is C15H11F3Ti. The van der Waals surface area contributed by atoms with Crippen molar-refractivity contribution < 1.29 is 34.5 Å². The number of hydrogen-bond donors (Lipinski definition) is 0. The van der Waals surface area contributed by atoms with Crippen LogP contribution in [0.15, 0.2) is 54.6 Å². The van der Waals surface area contributed by atoms with E-state index in [1.165, 1.54) is 22.3 Å². The summed E-state index contributed by atoms with van der Waals surface area (Å²) in [4.78, 5) is 0. The van der Waals surface area contributed by atoms with E-state index in [2.05, 4.69) is 81.1 Å². The van der Waals surface area contributed by atoms with Crippen LogP contribution < -0.4 is 14.1 Å². The van der Waals surface area contributed by atoms with Crippen molar-refractivity contribution in [1.82, 2.24) is 0 Å². The van der Waals surface area contributed by atoms with Gasteiger partial charge in [-0.25, -0.2) is 0 Å². The molecule has 0 spiro atoms. The molecule has 4 heteroatoms. The van der Waals surface area contributed by atoms with Crippen LogP contribution in [0.25, 0.3) is 11.6 Å². The molecule has 1 atom stereocenters. The van der Waals surface area contributed by atoms with E-state index in [0.29, 0.717) is 4.22 Å². The van der Waals surface area contributed by atoms with E-state index in [-0.39, 0.29) is 14.1 Å². The molecule has 19 heavy (non-hydrogen) atoms. The number of halogens is 3. The fourth-order valence-corrected chi connectivity index (χ4v) is 3.01. The molecule has 2 aromatic carbocycles. The summed E-state index contributed by atoms with van der Waals surface area (Å²) >= 11 is 2.28. The van der Waals surface area contributed by atoms with Gasteiger partial charge in [0.25, 0.3) is 0 Å². The number of hydrogen-bond acceptors (Lipinski definition) is 0. The van der Waals surface area contributed by atoms with E-state index < -0.39 is 0 Å². The second-order valence-corrected chi connectivity index (χ2v) is 4.93. The average molecular weight is 296 g/mol. The Kier molecular flexibility index (Phi) is 6.81. The van der Waals surface area contributed by atoms with Crippen LogP contribution in [-0.4, -0.2) is 0 Å². The van der Waals surface area contributed by atoms with Crippen molar-refractivity contribution in [3.63, 3.8) is 0 Å². The van der Waals surface area contributed by atoms with Gasteiger partial charge in [0, 0.05) is 0 Å². The first-order valence-electron chi connectivity index (χ1n) is 5.43. The van der Waals surface area contributed by atoms with Crippen LogP contribution in [0.3, 0.4) is 0 Å². The predicted molar refractivity (Wildman–Crippen MR) is 63.5 cm³/mol. The van der Waals surface area contributed by atoms with Crippen LogP contribution in [0.4, 0.5) is 0 Å². The fraction of sp³-hybridized carbons (Fsp3) is 0.0667. The molecule has 0 N–H and O–H groups in total. The van der Waals surface area contributed by atoms with Crippen LogP contribution in [0, 0.1) is 0 Å². The van der Waals surface area contributed by atoms with Gasteiger partial charge in [0.1, 0.15) is 0 Å². The molecule has 0 heterocycles. The molecule has 0 saturated heterocycles. The molecule has 1 aliphatic carbocycles. The molecule has 0 aromatic heterocycles. The molecule has 3 rings (SSSR count). The zero-order valence-corrected chi connectivity index (χ0v) is 11.5. The van der Waals surface area contributed by atoms with Crippen molar-refractivity contribution in [3.8, 4) is 0 Å². The third kappa shape index (κ3) is 3.17. The van der Waals surface area contributed by atoms with Gasteiger partial charge < -0.3 is 14.1 Å². The molecule has 0 saturated carbocycles. The Morgan fingerprint density at radius 3 is 1.95 bits per heavy atom. The van der Waals surface area contributed by atoms with Crippen molar-refractivity contribution in [2.24, 2.45) is 0 Å². The van der Waals surface area contributed by atoms with Crippen molar-refractivity contribution in [1.29, 1.82) is 0 Å². The first-order chi connectivity index (χ1) is 7.86. The second kappa shape index (κ2) is 7.32. The molecule has 0 bridgehead atoms. The van der Waals surface area contributed by atoms with E-state index in [9.17, 15) is 0 Å². The van der Waals surface area contributed by atoms with E-state index in [4.69, 9.17) is 0 Å². The van der Waals surface area contributed by atoms with Gasteiger partial charge in [0.15, 0.2) is 0 Å². The fourth-order valence-electron chi connectivity index (χ4n) is 2.20. The summed E-state index contributed by atoms with van der Waals surface area (Å²) in [5.74, 6) is 0. The monoisotopic (exact) mass is 296 g/mol. The quantitative estimate of drug-likeness (QED) is 0.462. The molecule has 0 aliphatic heterocycles. The minimum atomic E-state index is 0. The number of allylic oxidation sites excluding steroid dienone is 1. The topological polar surface area (TPSA) is 0 Å². The van der Waals surface area contributed by atoms with Crippen LogP contribution in [0.2, 0.25) is 0 Å². The molecule has 2 aromatic rings. The molecule has 0 fully saturated rings. The summed E-state index contributed by atoms with van der Waals surface area (Å²) < 4.78 is 0.513. The SMILES string of the molecule is [F-].[F-].[F-].[Ti+3][CH]1C(c2ccccc2)=Cc2ccccc21. The summed E-state index contributed by atoms with van der Waals surface area (Å²) in [5.41, 5.74) is 5.59. The zero-order valence-electron chi connectivity index (χ0n) is 9.98. The molecule has 0 amide bonds. The number of fused-ring (bicyclic) bond motifs is 1. The van der Waals surface area contributed by atoms with E-state index in [1.807, 2.05) is 0 Å². The Hall–Kier alpha value is -1.32. The molecule has 96 valence electrons.